The lowest BCUT2D eigenvalue weighted by molar-refractivity contribution is -0.132. The molecule has 1 amide bonds. The largest absolute Gasteiger partial charge is 0.507 e. The molecule has 7 nitrogen and oxygen atoms in total. The monoisotopic (exact) mass is 472 g/mol. The Morgan fingerprint density at radius 1 is 1.11 bits per heavy atom. The molecular weight excluding hydrogens is 444 g/mol. The van der Waals surface area contributed by atoms with Crippen LogP contribution in [0.3, 0.4) is 0 Å². The van der Waals surface area contributed by atoms with Gasteiger partial charge < -0.3 is 14.6 Å². The fourth-order valence-electron chi connectivity index (χ4n) is 4.31. The molecular formula is C28H28N2O5. The molecule has 0 aliphatic carbocycles. The molecule has 35 heavy (non-hydrogen) atoms. The van der Waals surface area contributed by atoms with Crippen LogP contribution in [0.1, 0.15) is 49.4 Å². The predicted octanol–water partition coefficient (Wildman–Crippen LogP) is 5.24. The standard InChI is InChI=1S/C28H28N2O5/c1-5-35-21-11-9-20(10-12-21)30-25(19-7-6-14-29-16-19)24(27(32)28(30)33)26(31)18-8-13-23(34-4)22(15-18)17(2)3/h6-17,25,31H,5H2,1-4H3/b26-24-. The molecule has 0 saturated carbocycles. The van der Waals surface area contributed by atoms with Crippen LogP contribution in [0.25, 0.3) is 5.76 Å². The zero-order valence-corrected chi connectivity index (χ0v) is 20.2. The van der Waals surface area contributed by atoms with Crippen molar-refractivity contribution in [3.8, 4) is 11.5 Å². The highest BCUT2D eigenvalue weighted by atomic mass is 16.5. The zero-order chi connectivity index (χ0) is 25.1. The zero-order valence-electron chi connectivity index (χ0n) is 20.2. The highest BCUT2D eigenvalue weighted by Gasteiger charge is 2.47. The lowest BCUT2D eigenvalue weighted by atomic mass is 9.93. The van der Waals surface area contributed by atoms with Crippen LogP contribution in [0.2, 0.25) is 0 Å². The van der Waals surface area contributed by atoms with Crippen molar-refractivity contribution in [2.24, 2.45) is 0 Å². The fourth-order valence-corrected chi connectivity index (χ4v) is 4.31. The van der Waals surface area contributed by atoms with E-state index >= 15 is 0 Å². The Hall–Kier alpha value is -4.13. The summed E-state index contributed by atoms with van der Waals surface area (Å²) >= 11 is 0. The van der Waals surface area contributed by atoms with E-state index in [0.717, 1.165) is 5.56 Å². The number of benzene rings is 2. The summed E-state index contributed by atoms with van der Waals surface area (Å²) in [5.74, 6) is -0.247. The molecule has 1 aliphatic rings. The number of carbonyl (C=O) groups excluding carboxylic acids is 2. The Kier molecular flexibility index (Phi) is 6.87. The average Bonchev–Trinajstić information content (AvgIpc) is 3.14. The first-order chi connectivity index (χ1) is 16.9. The molecule has 1 aliphatic heterocycles. The first kappa shape index (κ1) is 24.0. The number of nitrogens with zero attached hydrogens (tertiary/aromatic N) is 2. The van der Waals surface area contributed by atoms with E-state index in [9.17, 15) is 14.7 Å². The van der Waals surface area contributed by atoms with Crippen LogP contribution in [0.15, 0.2) is 72.6 Å². The number of amides is 1. The number of hydrogen-bond acceptors (Lipinski definition) is 6. The van der Waals surface area contributed by atoms with Gasteiger partial charge >= 0.3 is 0 Å². The molecule has 0 bridgehead atoms. The van der Waals surface area contributed by atoms with Gasteiger partial charge in [-0.1, -0.05) is 19.9 Å². The minimum atomic E-state index is -0.841. The van der Waals surface area contributed by atoms with Crippen molar-refractivity contribution in [3.63, 3.8) is 0 Å². The number of ketones is 1. The number of rotatable bonds is 7. The highest BCUT2D eigenvalue weighted by molar-refractivity contribution is 6.51. The Labute approximate surface area is 204 Å². The molecule has 1 atom stereocenters. The van der Waals surface area contributed by atoms with Gasteiger partial charge in [0.05, 0.1) is 25.3 Å². The van der Waals surface area contributed by atoms with Crippen LogP contribution in [-0.4, -0.2) is 35.5 Å². The Morgan fingerprint density at radius 2 is 1.86 bits per heavy atom. The first-order valence-corrected chi connectivity index (χ1v) is 11.5. The van der Waals surface area contributed by atoms with Gasteiger partial charge in [0.1, 0.15) is 17.3 Å². The van der Waals surface area contributed by atoms with Crippen molar-refractivity contribution < 1.29 is 24.2 Å². The lowest BCUT2D eigenvalue weighted by Gasteiger charge is -2.25. The van der Waals surface area contributed by atoms with Crippen molar-refractivity contribution in [1.82, 2.24) is 4.98 Å². The summed E-state index contributed by atoms with van der Waals surface area (Å²) in [7, 11) is 1.59. The van der Waals surface area contributed by atoms with E-state index in [1.54, 1.807) is 74.1 Å². The van der Waals surface area contributed by atoms with Crippen molar-refractivity contribution in [2.75, 3.05) is 18.6 Å². The SMILES string of the molecule is CCOc1ccc(N2C(=O)C(=O)/C(=C(\O)c3ccc(OC)c(C(C)C)c3)C2c2cccnc2)cc1. The van der Waals surface area contributed by atoms with Gasteiger partial charge in [-0.25, -0.2) is 0 Å². The summed E-state index contributed by atoms with van der Waals surface area (Å²) in [5.41, 5.74) is 2.46. The van der Waals surface area contributed by atoms with Gasteiger partial charge in [0.2, 0.25) is 0 Å². The summed E-state index contributed by atoms with van der Waals surface area (Å²) in [5, 5.41) is 11.4. The molecule has 1 saturated heterocycles. The maximum absolute atomic E-state index is 13.3. The molecule has 0 radical (unpaired) electrons. The van der Waals surface area contributed by atoms with Gasteiger partial charge in [-0.3, -0.25) is 19.5 Å². The number of Topliss-reactive ketones (excluding diaryl/α,β-unsaturated/α-hetero) is 1. The number of pyridine rings is 1. The topological polar surface area (TPSA) is 89.0 Å². The summed E-state index contributed by atoms with van der Waals surface area (Å²) in [4.78, 5) is 32.2. The maximum atomic E-state index is 13.3. The minimum absolute atomic E-state index is 0.0109. The number of aliphatic hydroxyl groups excluding tert-OH is 1. The van der Waals surface area contributed by atoms with Gasteiger partial charge in [-0.05, 0) is 72.5 Å². The number of methoxy groups -OCH3 is 1. The van der Waals surface area contributed by atoms with E-state index in [2.05, 4.69) is 4.98 Å². The van der Waals surface area contributed by atoms with Crippen molar-refractivity contribution >= 4 is 23.1 Å². The second-order valence-electron chi connectivity index (χ2n) is 8.49. The third-order valence-corrected chi connectivity index (χ3v) is 6.00. The van der Waals surface area contributed by atoms with Gasteiger partial charge in [0.25, 0.3) is 11.7 Å². The van der Waals surface area contributed by atoms with Gasteiger partial charge in [0, 0.05) is 23.6 Å². The average molecular weight is 473 g/mol. The lowest BCUT2D eigenvalue weighted by Crippen LogP contribution is -2.29. The second-order valence-corrected chi connectivity index (χ2v) is 8.49. The Balaban J connectivity index is 1.89. The second kappa shape index (κ2) is 10.0. The molecule has 4 rings (SSSR count). The van der Waals surface area contributed by atoms with Crippen molar-refractivity contribution in [2.45, 2.75) is 32.7 Å². The van der Waals surface area contributed by atoms with E-state index in [4.69, 9.17) is 9.47 Å². The molecule has 0 spiro atoms. The fraction of sp³-hybridized carbons (Fsp3) is 0.250. The first-order valence-electron chi connectivity index (χ1n) is 11.5. The molecule has 3 aromatic rings. The Bertz CT molecular complexity index is 1270. The molecule has 1 aromatic heterocycles. The van der Waals surface area contributed by atoms with Crippen LogP contribution in [-0.2, 0) is 9.59 Å². The third-order valence-electron chi connectivity index (χ3n) is 6.00. The van der Waals surface area contributed by atoms with E-state index in [-0.39, 0.29) is 17.3 Å². The number of anilines is 1. The van der Waals surface area contributed by atoms with E-state index < -0.39 is 17.7 Å². The number of aromatic nitrogens is 1. The minimum Gasteiger partial charge on any atom is -0.507 e. The van der Waals surface area contributed by atoms with Gasteiger partial charge in [-0.15, -0.1) is 0 Å². The van der Waals surface area contributed by atoms with Crippen LogP contribution in [0, 0.1) is 0 Å². The quantitative estimate of drug-likeness (QED) is 0.287. The molecule has 1 fully saturated rings. The van der Waals surface area contributed by atoms with Gasteiger partial charge in [0.15, 0.2) is 0 Å². The van der Waals surface area contributed by atoms with Crippen LogP contribution in [0.4, 0.5) is 5.69 Å². The molecule has 180 valence electrons. The number of carbonyl (C=O) groups is 2. The number of aliphatic hydroxyl groups is 1. The number of hydrogen-bond donors (Lipinski definition) is 1. The summed E-state index contributed by atoms with van der Waals surface area (Å²) in [6.07, 6.45) is 3.21. The number of ether oxygens (including phenoxy) is 2. The normalized spacial score (nSPS) is 17.2. The smallest absolute Gasteiger partial charge is 0.300 e. The molecule has 7 heteroatoms. The Morgan fingerprint density at radius 3 is 2.46 bits per heavy atom. The summed E-state index contributed by atoms with van der Waals surface area (Å²) in [6, 6.07) is 14.9. The maximum Gasteiger partial charge on any atom is 0.300 e. The van der Waals surface area contributed by atoms with Crippen molar-refractivity contribution in [3.05, 3.63) is 89.3 Å². The summed E-state index contributed by atoms with van der Waals surface area (Å²) in [6.45, 7) is 6.43. The molecule has 1 unspecified atom stereocenters. The van der Waals surface area contributed by atoms with Crippen LogP contribution < -0.4 is 14.4 Å². The van der Waals surface area contributed by atoms with Crippen LogP contribution in [0.5, 0.6) is 11.5 Å². The van der Waals surface area contributed by atoms with Gasteiger partial charge in [-0.2, -0.15) is 0 Å². The third kappa shape index (κ3) is 4.49. The molecule has 1 N–H and O–H groups in total. The summed E-state index contributed by atoms with van der Waals surface area (Å²) < 4.78 is 11.0. The molecule has 2 aromatic carbocycles. The van der Waals surface area contributed by atoms with E-state index in [1.165, 1.54) is 4.90 Å². The van der Waals surface area contributed by atoms with E-state index in [0.29, 0.717) is 34.9 Å². The van der Waals surface area contributed by atoms with E-state index in [1.807, 2.05) is 20.8 Å². The molecule has 2 heterocycles. The van der Waals surface area contributed by atoms with Crippen LogP contribution >= 0.6 is 0 Å². The highest BCUT2D eigenvalue weighted by Crippen LogP contribution is 2.42. The van der Waals surface area contributed by atoms with Crippen molar-refractivity contribution in [1.29, 1.82) is 0 Å². The predicted molar refractivity (Wildman–Crippen MR) is 134 cm³/mol.